The molecule has 0 unspecified atom stereocenters. The molecule has 0 saturated carbocycles. The minimum atomic E-state index is -0.634. The lowest BCUT2D eigenvalue weighted by molar-refractivity contribution is -0.117. The zero-order valence-electron chi connectivity index (χ0n) is 13.9. The third kappa shape index (κ3) is 3.76. The summed E-state index contributed by atoms with van der Waals surface area (Å²) in [5, 5.41) is 3.78. The quantitative estimate of drug-likeness (QED) is 0.791. The molecule has 2 aromatic heterocycles. The third-order valence-electron chi connectivity index (χ3n) is 3.77. The Morgan fingerprint density at radius 3 is 2.71 bits per heavy atom. The van der Waals surface area contributed by atoms with E-state index in [4.69, 9.17) is 5.73 Å². The second kappa shape index (κ2) is 7.96. The van der Waals surface area contributed by atoms with Crippen molar-refractivity contribution in [3.63, 3.8) is 0 Å². The van der Waals surface area contributed by atoms with Crippen LogP contribution in [-0.2, 0) is 17.8 Å². The Kier molecular flexibility index (Phi) is 5.97. The second-order valence-corrected chi connectivity index (χ2v) is 6.22. The van der Waals surface area contributed by atoms with Crippen LogP contribution in [0, 0.1) is 0 Å². The molecule has 7 nitrogen and oxygen atoms in total. The molecular formula is C16H22N4O3S. The number of nitrogens with one attached hydrogen (secondary N) is 1. The van der Waals surface area contributed by atoms with Crippen LogP contribution in [0.2, 0.25) is 0 Å². The molecule has 0 aliphatic carbocycles. The number of H-pyrrole nitrogens is 1. The first-order valence-electron chi connectivity index (χ1n) is 7.93. The van der Waals surface area contributed by atoms with E-state index in [0.717, 1.165) is 18.4 Å². The predicted molar refractivity (Wildman–Crippen MR) is 96.7 cm³/mol. The van der Waals surface area contributed by atoms with E-state index in [0.29, 0.717) is 13.1 Å². The highest BCUT2D eigenvalue weighted by molar-refractivity contribution is 7.08. The zero-order chi connectivity index (χ0) is 17.7. The lowest BCUT2D eigenvalue weighted by Gasteiger charge is -2.23. The molecule has 3 N–H and O–H groups in total. The fourth-order valence-corrected chi connectivity index (χ4v) is 3.17. The van der Waals surface area contributed by atoms with Crippen LogP contribution in [0.1, 0.15) is 32.3 Å². The van der Waals surface area contributed by atoms with Crippen LogP contribution >= 0.6 is 11.3 Å². The number of amides is 1. The van der Waals surface area contributed by atoms with Crippen LogP contribution in [0.3, 0.4) is 0 Å². The lowest BCUT2D eigenvalue weighted by Crippen LogP contribution is -2.41. The molecule has 8 heteroatoms. The van der Waals surface area contributed by atoms with Gasteiger partial charge in [-0.1, -0.05) is 13.3 Å². The van der Waals surface area contributed by atoms with Gasteiger partial charge in [0.2, 0.25) is 5.91 Å². The molecule has 0 aliphatic rings. The number of nitrogens with zero attached hydrogens (tertiary/aromatic N) is 2. The van der Waals surface area contributed by atoms with E-state index < -0.39 is 11.2 Å². The molecule has 0 radical (unpaired) electrons. The van der Waals surface area contributed by atoms with E-state index in [9.17, 15) is 14.4 Å². The number of nitrogens with two attached hydrogens (primary N) is 1. The van der Waals surface area contributed by atoms with Crippen LogP contribution in [0.15, 0.2) is 26.4 Å². The van der Waals surface area contributed by atoms with E-state index in [1.165, 1.54) is 20.8 Å². The Hall–Kier alpha value is -2.35. The fraction of sp³-hybridized carbons (Fsp3) is 0.438. The summed E-state index contributed by atoms with van der Waals surface area (Å²) in [6.45, 7) is 4.46. The second-order valence-electron chi connectivity index (χ2n) is 5.44. The van der Waals surface area contributed by atoms with Gasteiger partial charge in [0.15, 0.2) is 5.69 Å². The average Bonchev–Trinajstić information content (AvgIpc) is 3.03. The first kappa shape index (κ1) is 18.0. The summed E-state index contributed by atoms with van der Waals surface area (Å²) in [6.07, 6.45) is 1.82. The molecule has 0 fully saturated rings. The van der Waals surface area contributed by atoms with Crippen LogP contribution in [0.5, 0.6) is 0 Å². The van der Waals surface area contributed by atoms with Gasteiger partial charge in [0.05, 0.1) is 6.42 Å². The molecule has 0 atom stereocenters. The molecule has 2 aromatic rings. The van der Waals surface area contributed by atoms with Crippen molar-refractivity contribution in [1.29, 1.82) is 0 Å². The SMILES string of the molecule is CCCCn1c(N)c(N(CC)C(=O)Cc2ccsc2)c(=O)[nH]c1=O. The third-order valence-corrected chi connectivity index (χ3v) is 4.50. The number of hydrogen-bond acceptors (Lipinski definition) is 5. The fourth-order valence-electron chi connectivity index (χ4n) is 2.50. The van der Waals surface area contributed by atoms with Gasteiger partial charge in [-0.2, -0.15) is 11.3 Å². The Bertz CT molecular complexity index is 808. The number of hydrogen-bond donors (Lipinski definition) is 2. The van der Waals surface area contributed by atoms with Crippen LogP contribution < -0.4 is 21.9 Å². The summed E-state index contributed by atoms with van der Waals surface area (Å²) in [4.78, 5) is 40.4. The number of carbonyl (C=O) groups excluding carboxylic acids is 1. The molecule has 24 heavy (non-hydrogen) atoms. The highest BCUT2D eigenvalue weighted by atomic mass is 32.1. The predicted octanol–water partition coefficient (Wildman–Crippen LogP) is 1.58. The summed E-state index contributed by atoms with van der Waals surface area (Å²) >= 11 is 1.51. The number of anilines is 2. The van der Waals surface area contributed by atoms with Gasteiger partial charge >= 0.3 is 5.69 Å². The minimum Gasteiger partial charge on any atom is -0.383 e. The number of aromatic amines is 1. The van der Waals surface area contributed by atoms with E-state index in [-0.39, 0.29) is 23.8 Å². The van der Waals surface area contributed by atoms with Crippen molar-refractivity contribution in [2.75, 3.05) is 17.2 Å². The van der Waals surface area contributed by atoms with E-state index in [1.54, 1.807) is 6.92 Å². The maximum atomic E-state index is 12.6. The molecule has 0 bridgehead atoms. The topological polar surface area (TPSA) is 101 Å². The maximum Gasteiger partial charge on any atom is 0.330 e. The average molecular weight is 350 g/mol. The van der Waals surface area contributed by atoms with Gasteiger partial charge in [0.25, 0.3) is 5.56 Å². The summed E-state index contributed by atoms with van der Waals surface area (Å²) in [6, 6.07) is 1.87. The van der Waals surface area contributed by atoms with E-state index >= 15 is 0 Å². The van der Waals surface area contributed by atoms with E-state index in [2.05, 4.69) is 4.98 Å². The first-order valence-corrected chi connectivity index (χ1v) is 8.87. The largest absolute Gasteiger partial charge is 0.383 e. The standard InChI is InChI=1S/C16H22N4O3S/c1-3-5-7-20-14(17)13(15(22)18-16(20)23)19(4-2)12(21)9-11-6-8-24-10-11/h6,8,10H,3-5,7,9,17H2,1-2H3,(H,18,22,23). The van der Waals surface area contributed by atoms with Gasteiger partial charge in [-0.15, -0.1) is 0 Å². The number of likely N-dealkylation sites (N-methyl/N-ethyl adjacent to an activating group) is 1. The molecule has 1 amide bonds. The number of carbonyl (C=O) groups is 1. The minimum absolute atomic E-state index is 0.0396. The Morgan fingerprint density at radius 2 is 2.12 bits per heavy atom. The van der Waals surface area contributed by atoms with Crippen LogP contribution in [0.25, 0.3) is 0 Å². The van der Waals surface area contributed by atoms with E-state index in [1.807, 2.05) is 23.8 Å². The van der Waals surface area contributed by atoms with Gasteiger partial charge in [0, 0.05) is 13.1 Å². The normalized spacial score (nSPS) is 10.8. The molecular weight excluding hydrogens is 328 g/mol. The Morgan fingerprint density at radius 1 is 1.38 bits per heavy atom. The van der Waals surface area contributed by atoms with Crippen molar-refractivity contribution in [2.24, 2.45) is 0 Å². The number of rotatable bonds is 7. The molecule has 0 aromatic carbocycles. The number of nitrogen functional groups attached to an aromatic ring is 1. The smallest absolute Gasteiger partial charge is 0.330 e. The summed E-state index contributed by atoms with van der Waals surface area (Å²) in [5.74, 6) is -0.188. The number of aromatic nitrogens is 2. The van der Waals surface area contributed by atoms with Gasteiger partial charge in [0.1, 0.15) is 5.82 Å². The summed E-state index contributed by atoms with van der Waals surface area (Å²) in [7, 11) is 0. The van der Waals surface area contributed by atoms with Crippen LogP contribution in [-0.4, -0.2) is 22.0 Å². The molecule has 0 saturated heterocycles. The monoisotopic (exact) mass is 350 g/mol. The number of thiophene rings is 1. The van der Waals surface area contributed by atoms with Gasteiger partial charge < -0.3 is 10.6 Å². The van der Waals surface area contributed by atoms with Crippen molar-refractivity contribution in [2.45, 2.75) is 39.7 Å². The van der Waals surface area contributed by atoms with Crippen molar-refractivity contribution in [1.82, 2.24) is 9.55 Å². The van der Waals surface area contributed by atoms with Crippen molar-refractivity contribution < 1.29 is 4.79 Å². The highest BCUT2D eigenvalue weighted by Gasteiger charge is 2.23. The van der Waals surface area contributed by atoms with Crippen molar-refractivity contribution in [3.05, 3.63) is 43.2 Å². The lowest BCUT2D eigenvalue weighted by atomic mass is 10.2. The number of unbranched alkanes of at least 4 members (excludes halogenated alkanes) is 1. The van der Waals surface area contributed by atoms with Crippen molar-refractivity contribution >= 4 is 28.7 Å². The molecule has 0 spiro atoms. The molecule has 130 valence electrons. The molecule has 0 aliphatic heterocycles. The van der Waals surface area contributed by atoms with Gasteiger partial charge in [-0.25, -0.2) is 4.79 Å². The zero-order valence-corrected chi connectivity index (χ0v) is 14.7. The first-order chi connectivity index (χ1) is 11.5. The maximum absolute atomic E-state index is 12.6. The Balaban J connectivity index is 2.42. The van der Waals surface area contributed by atoms with Gasteiger partial charge in [-0.05, 0) is 35.7 Å². The molecule has 2 rings (SSSR count). The molecule has 2 heterocycles. The van der Waals surface area contributed by atoms with Crippen LogP contribution in [0.4, 0.5) is 11.5 Å². The Labute approximate surface area is 143 Å². The van der Waals surface area contributed by atoms with Gasteiger partial charge in [-0.3, -0.25) is 19.1 Å². The van der Waals surface area contributed by atoms with Crippen molar-refractivity contribution in [3.8, 4) is 0 Å². The highest BCUT2D eigenvalue weighted by Crippen LogP contribution is 2.18. The summed E-state index contributed by atoms with van der Waals surface area (Å²) < 4.78 is 1.32. The summed E-state index contributed by atoms with van der Waals surface area (Å²) in [5.41, 5.74) is 5.82.